The van der Waals surface area contributed by atoms with Crippen LogP contribution in [0.15, 0.2) is 30.6 Å². The van der Waals surface area contributed by atoms with Gasteiger partial charge in [-0.1, -0.05) is 17.7 Å². The van der Waals surface area contributed by atoms with E-state index in [9.17, 15) is 4.79 Å². The lowest BCUT2D eigenvalue weighted by Gasteiger charge is -2.23. The second-order valence-electron chi connectivity index (χ2n) is 6.53. The number of nitrogens with one attached hydrogen (secondary N) is 2. The van der Waals surface area contributed by atoms with Gasteiger partial charge in [0.05, 0.1) is 12.7 Å². The largest absolute Gasteiger partial charge is 0.343 e. The number of hydrogen-bond acceptors (Lipinski definition) is 6. The molecule has 0 bridgehead atoms. The summed E-state index contributed by atoms with van der Waals surface area (Å²) >= 11 is 0. The number of fused-ring (bicyclic) bond motifs is 1. The van der Waals surface area contributed by atoms with Crippen molar-refractivity contribution in [3.63, 3.8) is 0 Å². The van der Waals surface area contributed by atoms with E-state index in [1.165, 1.54) is 19.3 Å². The number of nitrogens with zero attached hydrogens (tertiary/aromatic N) is 6. The fourth-order valence-corrected chi connectivity index (χ4v) is 3.23. The van der Waals surface area contributed by atoms with Gasteiger partial charge in [0.2, 0.25) is 0 Å². The van der Waals surface area contributed by atoms with E-state index in [1.807, 2.05) is 28.8 Å². The average molecular weight is 354 g/mol. The highest BCUT2D eigenvalue weighted by atomic mass is 16.2. The van der Waals surface area contributed by atoms with Crippen LogP contribution in [0.2, 0.25) is 0 Å². The zero-order valence-electron chi connectivity index (χ0n) is 14.5. The van der Waals surface area contributed by atoms with Crippen molar-refractivity contribution in [2.45, 2.75) is 44.8 Å². The number of pyridine rings is 1. The summed E-state index contributed by atoms with van der Waals surface area (Å²) in [6.07, 6.45) is 8.29. The van der Waals surface area contributed by atoms with E-state index in [2.05, 4.69) is 31.1 Å². The first-order valence-corrected chi connectivity index (χ1v) is 9.00. The molecule has 0 unspecified atom stereocenters. The number of carbonyl (C=O) groups is 1. The van der Waals surface area contributed by atoms with Crippen LogP contribution in [0, 0.1) is 0 Å². The Balaban J connectivity index is 1.31. The van der Waals surface area contributed by atoms with Gasteiger partial charge in [0.25, 0.3) is 5.91 Å². The first kappa shape index (κ1) is 16.6. The molecular formula is C17H22N8O. The number of aryl methyl sites for hydroxylation is 1. The molecule has 0 saturated carbocycles. The smallest absolute Gasteiger partial charge is 0.273 e. The number of amides is 1. The predicted octanol–water partition coefficient (Wildman–Crippen LogP) is 0.783. The minimum absolute atomic E-state index is 0.264. The van der Waals surface area contributed by atoms with Gasteiger partial charge in [-0.15, -0.1) is 15.3 Å². The zero-order valence-corrected chi connectivity index (χ0v) is 14.5. The van der Waals surface area contributed by atoms with Crippen molar-refractivity contribution in [3.8, 4) is 0 Å². The Hall–Kier alpha value is -2.81. The molecule has 3 aromatic rings. The van der Waals surface area contributed by atoms with Gasteiger partial charge in [-0.25, -0.2) is 0 Å². The van der Waals surface area contributed by atoms with Crippen LogP contribution >= 0.6 is 0 Å². The highest BCUT2D eigenvalue weighted by Crippen LogP contribution is 2.11. The normalized spacial score (nSPS) is 17.5. The van der Waals surface area contributed by atoms with Gasteiger partial charge in [-0.05, 0) is 37.9 Å². The Labute approximate surface area is 150 Å². The number of hydrogen-bond donors (Lipinski definition) is 2. The van der Waals surface area contributed by atoms with Gasteiger partial charge < -0.3 is 10.6 Å². The van der Waals surface area contributed by atoms with Crippen LogP contribution in [0.5, 0.6) is 0 Å². The van der Waals surface area contributed by atoms with E-state index >= 15 is 0 Å². The maximum atomic E-state index is 12.3. The Morgan fingerprint density at radius 3 is 3.12 bits per heavy atom. The van der Waals surface area contributed by atoms with E-state index in [0.29, 0.717) is 17.6 Å². The monoisotopic (exact) mass is 354 g/mol. The van der Waals surface area contributed by atoms with Crippen LogP contribution in [-0.4, -0.2) is 48.1 Å². The number of rotatable bonds is 6. The molecule has 0 spiro atoms. The van der Waals surface area contributed by atoms with Gasteiger partial charge in [0.15, 0.2) is 17.2 Å². The second kappa shape index (κ2) is 7.61. The summed E-state index contributed by atoms with van der Waals surface area (Å²) in [5.74, 6) is 0.407. The standard InChI is InChI=1S/C17H22N8O/c26-17(19-11-16-22-21-15-6-2-4-9-25(15)16)14-12-24(23-20-14)10-7-13-5-1-3-8-18-13/h2,4,6,9,12-13,18H,1,3,5,7-8,10-11H2,(H,19,26)/t13-/m0/s1. The van der Waals surface area contributed by atoms with Gasteiger partial charge in [0, 0.05) is 18.8 Å². The Bertz CT molecular complexity index is 880. The summed E-state index contributed by atoms with van der Waals surface area (Å²) in [5, 5.41) is 22.5. The highest BCUT2D eigenvalue weighted by molar-refractivity contribution is 5.91. The van der Waals surface area contributed by atoms with Gasteiger partial charge in [-0.3, -0.25) is 13.9 Å². The first-order valence-electron chi connectivity index (χ1n) is 9.00. The molecule has 4 heterocycles. The summed E-state index contributed by atoms with van der Waals surface area (Å²) in [4.78, 5) is 12.3. The Morgan fingerprint density at radius 1 is 1.27 bits per heavy atom. The van der Waals surface area contributed by atoms with E-state index in [1.54, 1.807) is 10.9 Å². The molecule has 26 heavy (non-hydrogen) atoms. The van der Waals surface area contributed by atoms with Gasteiger partial charge in [0.1, 0.15) is 0 Å². The SMILES string of the molecule is O=C(NCc1nnc2ccccn12)c1cn(CC[C@@H]2CCCCN2)nn1. The lowest BCUT2D eigenvalue weighted by molar-refractivity contribution is 0.0944. The number of piperidine rings is 1. The van der Waals surface area contributed by atoms with Crippen LogP contribution in [0.3, 0.4) is 0 Å². The van der Waals surface area contributed by atoms with E-state index in [0.717, 1.165) is 25.2 Å². The molecule has 9 heteroatoms. The third-order valence-corrected chi connectivity index (χ3v) is 4.68. The summed E-state index contributed by atoms with van der Waals surface area (Å²) in [5.41, 5.74) is 1.06. The van der Waals surface area contributed by atoms with Crippen molar-refractivity contribution in [2.75, 3.05) is 6.54 Å². The molecule has 0 aromatic carbocycles. The molecule has 0 radical (unpaired) electrons. The molecule has 9 nitrogen and oxygen atoms in total. The van der Waals surface area contributed by atoms with Gasteiger partial charge >= 0.3 is 0 Å². The van der Waals surface area contributed by atoms with Crippen molar-refractivity contribution >= 4 is 11.6 Å². The molecule has 1 aliphatic heterocycles. The van der Waals surface area contributed by atoms with Crippen LogP contribution in [0.4, 0.5) is 0 Å². The fraction of sp³-hybridized carbons (Fsp3) is 0.471. The van der Waals surface area contributed by atoms with Crippen LogP contribution in [0.25, 0.3) is 5.65 Å². The van der Waals surface area contributed by atoms with Gasteiger partial charge in [-0.2, -0.15) is 0 Å². The summed E-state index contributed by atoms with van der Waals surface area (Å²) < 4.78 is 3.58. The second-order valence-corrected chi connectivity index (χ2v) is 6.53. The molecule has 4 rings (SSSR count). The third-order valence-electron chi connectivity index (χ3n) is 4.68. The molecule has 3 aromatic heterocycles. The number of carbonyl (C=O) groups excluding carboxylic acids is 1. The molecule has 0 aliphatic carbocycles. The molecule has 1 atom stereocenters. The first-order chi connectivity index (χ1) is 12.8. The van der Waals surface area contributed by atoms with Crippen LogP contribution < -0.4 is 10.6 Å². The van der Waals surface area contributed by atoms with Crippen molar-refractivity contribution < 1.29 is 4.79 Å². The molecule has 1 saturated heterocycles. The molecule has 1 aliphatic rings. The predicted molar refractivity (Wildman–Crippen MR) is 94.4 cm³/mol. The van der Waals surface area contributed by atoms with E-state index in [4.69, 9.17) is 0 Å². The Kier molecular flexibility index (Phi) is 4.87. The molecule has 1 amide bonds. The number of aromatic nitrogens is 6. The van der Waals surface area contributed by atoms with Crippen molar-refractivity contribution in [1.82, 2.24) is 40.2 Å². The minimum Gasteiger partial charge on any atom is -0.343 e. The van der Waals surface area contributed by atoms with E-state index in [-0.39, 0.29) is 12.5 Å². The lowest BCUT2D eigenvalue weighted by Crippen LogP contribution is -2.34. The maximum Gasteiger partial charge on any atom is 0.273 e. The van der Waals surface area contributed by atoms with Crippen molar-refractivity contribution in [3.05, 3.63) is 42.1 Å². The zero-order chi connectivity index (χ0) is 17.8. The summed E-state index contributed by atoms with van der Waals surface area (Å²) in [6, 6.07) is 6.19. The molecular weight excluding hydrogens is 332 g/mol. The minimum atomic E-state index is -0.264. The molecule has 2 N–H and O–H groups in total. The van der Waals surface area contributed by atoms with Crippen LogP contribution in [-0.2, 0) is 13.1 Å². The highest BCUT2D eigenvalue weighted by Gasteiger charge is 2.15. The quantitative estimate of drug-likeness (QED) is 0.678. The van der Waals surface area contributed by atoms with Crippen molar-refractivity contribution in [1.29, 1.82) is 0 Å². The third kappa shape index (κ3) is 3.72. The summed E-state index contributed by atoms with van der Waals surface area (Å²) in [7, 11) is 0. The fourth-order valence-electron chi connectivity index (χ4n) is 3.23. The average Bonchev–Trinajstić information content (AvgIpc) is 3.32. The topological polar surface area (TPSA) is 102 Å². The van der Waals surface area contributed by atoms with Crippen molar-refractivity contribution in [2.24, 2.45) is 0 Å². The lowest BCUT2D eigenvalue weighted by atomic mass is 10.0. The maximum absolute atomic E-state index is 12.3. The molecule has 1 fully saturated rings. The van der Waals surface area contributed by atoms with Crippen LogP contribution in [0.1, 0.15) is 42.0 Å². The molecule has 136 valence electrons. The Morgan fingerprint density at radius 2 is 2.23 bits per heavy atom. The van der Waals surface area contributed by atoms with E-state index < -0.39 is 0 Å². The summed E-state index contributed by atoms with van der Waals surface area (Å²) in [6.45, 7) is 2.13.